The van der Waals surface area contributed by atoms with E-state index in [-0.39, 0.29) is 16.5 Å². The molecule has 0 bridgehead atoms. The number of pyridine rings is 1. The highest BCUT2D eigenvalue weighted by atomic mass is 32.2. The third kappa shape index (κ3) is 4.60. The van der Waals surface area contributed by atoms with E-state index in [9.17, 15) is 14.7 Å². The molecule has 0 spiro atoms. The highest BCUT2D eigenvalue weighted by Crippen LogP contribution is 2.44. The highest BCUT2D eigenvalue weighted by molar-refractivity contribution is 8.00. The van der Waals surface area contributed by atoms with Gasteiger partial charge in [-0.2, -0.15) is 0 Å². The average molecular weight is 517 g/mol. The number of hydrogen-bond acceptors (Lipinski definition) is 9. The molecule has 1 saturated heterocycles. The standard InChI is InChI=1S/C26H20N4O4S2/c1-34-19-9-5-8-18(14-19)21-20(22(31)17-10-12-27-13-11-17)23(32)24(33)30(21)25-28-29-26(36-25)35-15-16-6-3-2-4-7-16/h2-14,21,31H,15H2,1H3/b22-20+. The van der Waals surface area contributed by atoms with Gasteiger partial charge in [-0.15, -0.1) is 10.2 Å². The Morgan fingerprint density at radius 2 is 1.83 bits per heavy atom. The summed E-state index contributed by atoms with van der Waals surface area (Å²) in [6, 6.07) is 19.2. The molecule has 1 unspecified atom stereocenters. The number of anilines is 1. The van der Waals surface area contributed by atoms with Crippen LogP contribution in [0.4, 0.5) is 5.13 Å². The molecule has 1 aliphatic rings. The number of carbonyl (C=O) groups is 2. The van der Waals surface area contributed by atoms with Gasteiger partial charge in [0, 0.05) is 23.7 Å². The molecule has 4 aromatic rings. The van der Waals surface area contributed by atoms with Crippen molar-refractivity contribution in [2.75, 3.05) is 12.0 Å². The van der Waals surface area contributed by atoms with Crippen LogP contribution in [0, 0.1) is 0 Å². The van der Waals surface area contributed by atoms with E-state index in [0.29, 0.717) is 27.0 Å². The second-order valence-electron chi connectivity index (χ2n) is 7.81. The summed E-state index contributed by atoms with van der Waals surface area (Å²) in [5.74, 6) is -0.622. The molecule has 1 fully saturated rings. The van der Waals surface area contributed by atoms with Gasteiger partial charge in [-0.25, -0.2) is 0 Å². The van der Waals surface area contributed by atoms with Gasteiger partial charge in [-0.3, -0.25) is 19.5 Å². The van der Waals surface area contributed by atoms with Crippen molar-refractivity contribution in [2.45, 2.75) is 16.1 Å². The van der Waals surface area contributed by atoms with Gasteiger partial charge in [0.05, 0.1) is 18.7 Å². The number of amides is 1. The number of nitrogens with zero attached hydrogens (tertiary/aromatic N) is 4. The molecule has 0 radical (unpaired) electrons. The molecule has 2 aromatic heterocycles. The molecule has 1 atom stereocenters. The van der Waals surface area contributed by atoms with Crippen molar-refractivity contribution in [3.63, 3.8) is 0 Å². The molecule has 36 heavy (non-hydrogen) atoms. The Morgan fingerprint density at radius 1 is 1.06 bits per heavy atom. The van der Waals surface area contributed by atoms with E-state index in [0.717, 1.165) is 5.56 Å². The zero-order valence-electron chi connectivity index (χ0n) is 19.1. The third-order valence-corrected chi connectivity index (χ3v) is 7.74. The fraction of sp³-hybridized carbons (Fsp3) is 0.115. The third-order valence-electron chi connectivity index (χ3n) is 5.61. The van der Waals surface area contributed by atoms with Crippen molar-refractivity contribution >= 4 is 45.7 Å². The van der Waals surface area contributed by atoms with Crippen molar-refractivity contribution in [1.82, 2.24) is 15.2 Å². The van der Waals surface area contributed by atoms with Crippen LogP contribution in [0.25, 0.3) is 5.76 Å². The first-order chi connectivity index (χ1) is 17.6. The van der Waals surface area contributed by atoms with E-state index < -0.39 is 17.7 Å². The molecule has 3 heterocycles. The summed E-state index contributed by atoms with van der Waals surface area (Å²) in [5, 5.41) is 19.9. The van der Waals surface area contributed by atoms with Crippen molar-refractivity contribution < 1.29 is 19.4 Å². The summed E-state index contributed by atoms with van der Waals surface area (Å²) in [4.78, 5) is 31.8. The normalized spacial score (nSPS) is 16.9. The Balaban J connectivity index is 1.56. The minimum atomic E-state index is -0.909. The summed E-state index contributed by atoms with van der Waals surface area (Å²) in [7, 11) is 1.54. The number of hydrogen-bond donors (Lipinski definition) is 1. The quantitative estimate of drug-likeness (QED) is 0.122. The Labute approximate surface area is 215 Å². The first-order valence-electron chi connectivity index (χ1n) is 10.9. The molecule has 0 aliphatic carbocycles. The van der Waals surface area contributed by atoms with Gasteiger partial charge in [0.1, 0.15) is 11.5 Å². The van der Waals surface area contributed by atoms with E-state index >= 15 is 0 Å². The largest absolute Gasteiger partial charge is 0.507 e. The zero-order valence-corrected chi connectivity index (χ0v) is 20.7. The summed E-state index contributed by atoms with van der Waals surface area (Å²) in [6.07, 6.45) is 3.01. The summed E-state index contributed by atoms with van der Waals surface area (Å²) in [6.45, 7) is 0. The lowest BCUT2D eigenvalue weighted by Crippen LogP contribution is -2.29. The molecule has 180 valence electrons. The molecule has 2 aromatic carbocycles. The molecular weight excluding hydrogens is 496 g/mol. The Bertz CT molecular complexity index is 1440. The number of benzene rings is 2. The lowest BCUT2D eigenvalue weighted by atomic mass is 9.95. The monoisotopic (exact) mass is 516 g/mol. The van der Waals surface area contributed by atoms with Crippen LogP contribution in [-0.2, 0) is 15.3 Å². The number of aromatic nitrogens is 3. The predicted octanol–water partition coefficient (Wildman–Crippen LogP) is 4.86. The lowest BCUT2D eigenvalue weighted by molar-refractivity contribution is -0.132. The maximum Gasteiger partial charge on any atom is 0.301 e. The first-order valence-corrected chi connectivity index (χ1v) is 12.7. The van der Waals surface area contributed by atoms with Gasteiger partial charge in [-0.05, 0) is 35.4 Å². The SMILES string of the molecule is COc1cccc(C2/C(=C(\O)c3ccncc3)C(=O)C(=O)N2c2nnc(SCc3ccccc3)s2)c1. The van der Waals surface area contributed by atoms with E-state index in [1.165, 1.54) is 47.5 Å². The maximum atomic E-state index is 13.3. The molecule has 8 nitrogen and oxygen atoms in total. The molecule has 1 N–H and O–H groups in total. The van der Waals surface area contributed by atoms with Crippen LogP contribution in [-0.4, -0.2) is 39.1 Å². The Hall–Kier alpha value is -4.02. The maximum absolute atomic E-state index is 13.3. The number of carbonyl (C=O) groups excluding carboxylic acids is 2. The Kier molecular flexibility index (Phi) is 6.79. The van der Waals surface area contributed by atoms with E-state index in [1.807, 2.05) is 30.3 Å². The number of Topliss-reactive ketones (excluding diaryl/α,β-unsaturated/α-hetero) is 1. The second kappa shape index (κ2) is 10.3. The van der Waals surface area contributed by atoms with E-state index in [1.54, 1.807) is 36.4 Å². The van der Waals surface area contributed by atoms with Crippen LogP contribution < -0.4 is 9.64 Å². The number of rotatable bonds is 7. The molecular formula is C26H20N4O4S2. The molecule has 5 rings (SSSR count). The lowest BCUT2D eigenvalue weighted by Gasteiger charge is -2.22. The number of aliphatic hydroxyl groups excluding tert-OH is 1. The van der Waals surface area contributed by atoms with Crippen LogP contribution >= 0.6 is 23.1 Å². The number of aliphatic hydroxyl groups is 1. The van der Waals surface area contributed by atoms with Crippen LogP contribution in [0.2, 0.25) is 0 Å². The number of ether oxygens (including phenoxy) is 1. The van der Waals surface area contributed by atoms with E-state index in [4.69, 9.17) is 4.74 Å². The fourth-order valence-corrected chi connectivity index (χ4v) is 5.72. The highest BCUT2D eigenvalue weighted by Gasteiger charge is 2.48. The number of thioether (sulfide) groups is 1. The van der Waals surface area contributed by atoms with Gasteiger partial charge in [0.25, 0.3) is 5.78 Å². The van der Waals surface area contributed by atoms with Gasteiger partial charge in [0.2, 0.25) is 5.13 Å². The zero-order chi connectivity index (χ0) is 25.1. The first kappa shape index (κ1) is 23.7. The molecule has 1 aliphatic heterocycles. The van der Waals surface area contributed by atoms with Crippen molar-refractivity contribution in [2.24, 2.45) is 0 Å². The van der Waals surface area contributed by atoms with Crippen molar-refractivity contribution in [3.05, 3.63) is 101 Å². The van der Waals surface area contributed by atoms with Crippen LogP contribution in [0.1, 0.15) is 22.7 Å². The number of ketones is 1. The van der Waals surface area contributed by atoms with Crippen LogP contribution in [0.3, 0.4) is 0 Å². The molecule has 10 heteroatoms. The van der Waals surface area contributed by atoms with Crippen molar-refractivity contribution in [1.29, 1.82) is 0 Å². The topological polar surface area (TPSA) is 106 Å². The molecule has 1 amide bonds. The number of methoxy groups -OCH3 is 1. The van der Waals surface area contributed by atoms with Gasteiger partial charge >= 0.3 is 5.91 Å². The van der Waals surface area contributed by atoms with Crippen LogP contribution in [0.5, 0.6) is 5.75 Å². The van der Waals surface area contributed by atoms with Crippen molar-refractivity contribution in [3.8, 4) is 5.75 Å². The van der Waals surface area contributed by atoms with Gasteiger partial charge in [-0.1, -0.05) is 65.6 Å². The Morgan fingerprint density at radius 3 is 2.58 bits per heavy atom. The minimum absolute atomic E-state index is 0.0341. The smallest absolute Gasteiger partial charge is 0.301 e. The summed E-state index contributed by atoms with van der Waals surface area (Å²) >= 11 is 2.72. The predicted molar refractivity (Wildman–Crippen MR) is 138 cm³/mol. The average Bonchev–Trinajstić information content (AvgIpc) is 3.50. The minimum Gasteiger partial charge on any atom is -0.507 e. The fourth-order valence-electron chi connectivity index (χ4n) is 3.90. The van der Waals surface area contributed by atoms with Crippen LogP contribution in [0.15, 0.2) is 89.0 Å². The van der Waals surface area contributed by atoms with Gasteiger partial charge < -0.3 is 9.84 Å². The van der Waals surface area contributed by atoms with Gasteiger partial charge in [0.15, 0.2) is 4.34 Å². The summed E-state index contributed by atoms with van der Waals surface area (Å²) < 4.78 is 6.02. The van der Waals surface area contributed by atoms with E-state index in [2.05, 4.69) is 15.2 Å². The summed E-state index contributed by atoms with van der Waals surface area (Å²) in [5.41, 5.74) is 2.08. The second-order valence-corrected chi connectivity index (χ2v) is 9.98. The molecule has 0 saturated carbocycles.